The Labute approximate surface area is 248 Å². The number of likely N-dealkylation sites (tertiary alicyclic amines) is 1. The Balaban J connectivity index is 1.17. The van der Waals surface area contributed by atoms with E-state index >= 15 is 0 Å². The summed E-state index contributed by atoms with van der Waals surface area (Å²) >= 11 is 0. The van der Waals surface area contributed by atoms with Crippen LogP contribution in [-0.2, 0) is 13.2 Å². The molecule has 1 N–H and O–H groups in total. The Morgan fingerprint density at radius 1 is 0.738 bits per heavy atom. The van der Waals surface area contributed by atoms with Crippen molar-refractivity contribution < 1.29 is 14.6 Å². The molecule has 0 unspecified atom stereocenters. The minimum atomic E-state index is 0.278. The van der Waals surface area contributed by atoms with Crippen molar-refractivity contribution >= 4 is 10.9 Å². The lowest BCUT2D eigenvalue weighted by atomic mass is 10.1. The van der Waals surface area contributed by atoms with Crippen molar-refractivity contribution in [1.29, 1.82) is 0 Å². The highest BCUT2D eigenvalue weighted by Gasteiger charge is 2.17. The molecular weight excluding hydrogens is 520 g/mol. The molecule has 1 fully saturated rings. The number of hydrogen-bond acceptors (Lipinski definition) is 4. The molecule has 0 spiro atoms. The summed E-state index contributed by atoms with van der Waals surface area (Å²) in [5.41, 5.74) is 6.85. The first-order chi connectivity index (χ1) is 20.6. The van der Waals surface area contributed by atoms with Crippen LogP contribution in [0.1, 0.15) is 42.4 Å². The molecule has 6 rings (SSSR count). The molecule has 5 aromatic rings. The summed E-state index contributed by atoms with van der Waals surface area (Å²) in [6.45, 7) is 7.72. The maximum Gasteiger partial charge on any atom is 0.119 e. The van der Waals surface area contributed by atoms with Crippen LogP contribution in [0.15, 0.2) is 97.1 Å². The van der Waals surface area contributed by atoms with Gasteiger partial charge in [-0.2, -0.15) is 0 Å². The molecule has 5 heteroatoms. The van der Waals surface area contributed by atoms with E-state index in [1.54, 1.807) is 6.07 Å². The molecule has 0 radical (unpaired) electrons. The Hall–Kier alpha value is -4.22. The first-order valence-electron chi connectivity index (χ1n) is 15.2. The van der Waals surface area contributed by atoms with Crippen molar-refractivity contribution in [1.82, 2.24) is 9.47 Å². The van der Waals surface area contributed by atoms with Crippen LogP contribution in [0.4, 0.5) is 0 Å². The third-order valence-electron chi connectivity index (χ3n) is 8.28. The minimum absolute atomic E-state index is 0.278. The predicted molar refractivity (Wildman–Crippen MR) is 170 cm³/mol. The molecule has 42 heavy (non-hydrogen) atoms. The van der Waals surface area contributed by atoms with Crippen LogP contribution in [-0.4, -0.2) is 40.8 Å². The number of aromatic nitrogens is 1. The van der Waals surface area contributed by atoms with Gasteiger partial charge in [0, 0.05) is 24.0 Å². The van der Waals surface area contributed by atoms with Gasteiger partial charge < -0.3 is 24.0 Å². The molecule has 1 aliphatic heterocycles. The zero-order valence-electron chi connectivity index (χ0n) is 24.5. The number of aromatic hydroxyl groups is 1. The second-order valence-electron chi connectivity index (χ2n) is 11.3. The van der Waals surface area contributed by atoms with Gasteiger partial charge in [0.05, 0.1) is 12.3 Å². The standard InChI is InChI=1S/C37H40N2O3/c1-28-35-25-32(40)15-20-36(35)39(37(28)31-13-18-34(19-14-31)42-27-30-9-4-2-5-10-30)26-29-11-16-33(17-12-29)41-24-8-23-38-21-6-3-7-22-38/h2,4-5,9-20,25,40H,3,6-8,21-24,26-27H2,1H3. The van der Waals surface area contributed by atoms with Crippen molar-refractivity contribution in [3.05, 3.63) is 114 Å². The van der Waals surface area contributed by atoms with E-state index < -0.39 is 0 Å². The van der Waals surface area contributed by atoms with E-state index in [9.17, 15) is 5.11 Å². The highest BCUT2D eigenvalue weighted by Crippen LogP contribution is 2.36. The van der Waals surface area contributed by atoms with Crippen molar-refractivity contribution in [2.45, 2.75) is 45.8 Å². The maximum atomic E-state index is 10.3. The van der Waals surface area contributed by atoms with E-state index in [1.165, 1.54) is 37.9 Å². The summed E-state index contributed by atoms with van der Waals surface area (Å²) < 4.78 is 14.5. The van der Waals surface area contributed by atoms with E-state index in [0.29, 0.717) is 13.2 Å². The fraction of sp³-hybridized carbons (Fsp3) is 0.297. The molecule has 0 amide bonds. The lowest BCUT2D eigenvalue weighted by molar-refractivity contribution is 0.205. The first-order valence-corrected chi connectivity index (χ1v) is 15.2. The van der Waals surface area contributed by atoms with E-state index in [1.807, 2.05) is 42.5 Å². The number of aryl methyl sites for hydroxylation is 1. The number of rotatable bonds is 11. The average molecular weight is 561 g/mol. The largest absolute Gasteiger partial charge is 0.508 e. The van der Waals surface area contributed by atoms with Gasteiger partial charge in [0.25, 0.3) is 0 Å². The molecule has 5 nitrogen and oxygen atoms in total. The summed E-state index contributed by atoms with van der Waals surface area (Å²) in [6, 6.07) is 32.7. The lowest BCUT2D eigenvalue weighted by Gasteiger charge is -2.26. The second kappa shape index (κ2) is 13.2. The summed E-state index contributed by atoms with van der Waals surface area (Å²) in [4.78, 5) is 2.56. The van der Waals surface area contributed by atoms with Gasteiger partial charge in [-0.3, -0.25) is 0 Å². The number of phenols is 1. The van der Waals surface area contributed by atoms with Crippen molar-refractivity contribution in [2.75, 3.05) is 26.2 Å². The maximum absolute atomic E-state index is 10.3. The molecule has 0 saturated carbocycles. The Morgan fingerprint density at radius 3 is 2.21 bits per heavy atom. The summed E-state index contributed by atoms with van der Waals surface area (Å²) in [7, 11) is 0. The molecular formula is C37H40N2O3. The number of fused-ring (bicyclic) bond motifs is 1. The van der Waals surface area contributed by atoms with Gasteiger partial charge in [0.1, 0.15) is 23.9 Å². The van der Waals surface area contributed by atoms with Crippen molar-refractivity contribution in [2.24, 2.45) is 0 Å². The second-order valence-corrected chi connectivity index (χ2v) is 11.3. The normalized spacial score (nSPS) is 13.8. The summed E-state index contributed by atoms with van der Waals surface area (Å²) in [5.74, 6) is 2.04. The van der Waals surface area contributed by atoms with Crippen LogP contribution in [0.3, 0.4) is 0 Å². The summed E-state index contributed by atoms with van der Waals surface area (Å²) in [6.07, 6.45) is 5.09. The van der Waals surface area contributed by atoms with Crippen LogP contribution >= 0.6 is 0 Å². The van der Waals surface area contributed by atoms with Gasteiger partial charge >= 0.3 is 0 Å². The van der Waals surface area contributed by atoms with Crippen LogP contribution in [0.2, 0.25) is 0 Å². The molecule has 0 atom stereocenters. The summed E-state index contributed by atoms with van der Waals surface area (Å²) in [5, 5.41) is 11.3. The molecule has 4 aromatic carbocycles. The first kappa shape index (κ1) is 27.9. The smallest absolute Gasteiger partial charge is 0.119 e. The number of ether oxygens (including phenoxy) is 2. The Kier molecular flexibility index (Phi) is 8.76. The van der Waals surface area contributed by atoms with Crippen molar-refractivity contribution in [3.8, 4) is 28.5 Å². The third kappa shape index (κ3) is 6.63. The quantitative estimate of drug-likeness (QED) is 0.165. The number of benzene rings is 4. The topological polar surface area (TPSA) is 46.9 Å². The molecule has 1 saturated heterocycles. The highest BCUT2D eigenvalue weighted by atomic mass is 16.5. The molecule has 0 bridgehead atoms. The van der Waals surface area contributed by atoms with E-state index in [4.69, 9.17) is 9.47 Å². The highest BCUT2D eigenvalue weighted by molar-refractivity contribution is 5.92. The number of phenolic OH excluding ortho intramolecular Hbond substituents is 1. The van der Waals surface area contributed by atoms with Gasteiger partial charge in [-0.25, -0.2) is 0 Å². The Morgan fingerprint density at radius 2 is 1.45 bits per heavy atom. The van der Waals surface area contributed by atoms with E-state index in [-0.39, 0.29) is 5.75 Å². The van der Waals surface area contributed by atoms with Gasteiger partial charge in [-0.15, -0.1) is 0 Å². The predicted octanol–water partition coefficient (Wildman–Crippen LogP) is 8.20. The minimum Gasteiger partial charge on any atom is -0.508 e. The fourth-order valence-corrected chi connectivity index (χ4v) is 6.03. The van der Waals surface area contributed by atoms with Gasteiger partial charge in [-0.05, 0) is 116 Å². The SMILES string of the molecule is Cc1c(-c2ccc(OCc3ccccc3)cc2)n(Cc2ccc(OCCCN3CCCCC3)cc2)c2ccc(O)cc12. The number of hydrogen-bond donors (Lipinski definition) is 1. The van der Waals surface area contributed by atoms with Crippen LogP contribution in [0, 0.1) is 6.92 Å². The third-order valence-corrected chi connectivity index (χ3v) is 8.28. The van der Waals surface area contributed by atoms with Crippen LogP contribution in [0.5, 0.6) is 17.2 Å². The average Bonchev–Trinajstić information content (AvgIpc) is 3.30. The molecule has 1 aromatic heterocycles. The van der Waals surface area contributed by atoms with Crippen LogP contribution < -0.4 is 9.47 Å². The zero-order chi connectivity index (χ0) is 28.7. The van der Waals surface area contributed by atoms with Crippen LogP contribution in [0.25, 0.3) is 22.2 Å². The number of piperidine rings is 1. The Bertz CT molecular complexity index is 1580. The number of nitrogens with zero attached hydrogens (tertiary/aromatic N) is 2. The monoisotopic (exact) mass is 560 g/mol. The molecule has 216 valence electrons. The van der Waals surface area contributed by atoms with E-state index in [2.05, 4.69) is 64.9 Å². The lowest BCUT2D eigenvalue weighted by Crippen LogP contribution is -2.31. The fourth-order valence-electron chi connectivity index (χ4n) is 6.03. The molecule has 0 aliphatic carbocycles. The van der Waals surface area contributed by atoms with Gasteiger partial charge in [-0.1, -0.05) is 48.9 Å². The van der Waals surface area contributed by atoms with E-state index in [0.717, 1.165) is 64.4 Å². The molecule has 1 aliphatic rings. The molecule has 2 heterocycles. The van der Waals surface area contributed by atoms with Gasteiger partial charge in [0.15, 0.2) is 0 Å². The van der Waals surface area contributed by atoms with Crippen molar-refractivity contribution in [3.63, 3.8) is 0 Å². The van der Waals surface area contributed by atoms with Gasteiger partial charge in [0.2, 0.25) is 0 Å². The zero-order valence-corrected chi connectivity index (χ0v) is 24.5.